The summed E-state index contributed by atoms with van der Waals surface area (Å²) in [6, 6.07) is 4.49. The highest BCUT2D eigenvalue weighted by Crippen LogP contribution is 2.36. The molecule has 2 heterocycles. The van der Waals surface area contributed by atoms with Crippen LogP contribution in [0.2, 0.25) is 0 Å². The molecule has 1 N–H and O–H groups in total. The van der Waals surface area contributed by atoms with Crippen molar-refractivity contribution in [2.45, 2.75) is 43.8 Å². The summed E-state index contributed by atoms with van der Waals surface area (Å²) in [6.45, 7) is 7.71. The van der Waals surface area contributed by atoms with Crippen LogP contribution < -0.4 is 14.9 Å². The van der Waals surface area contributed by atoms with Gasteiger partial charge in [0.2, 0.25) is 10.8 Å². The van der Waals surface area contributed by atoms with Gasteiger partial charge >= 0.3 is 7.12 Å². The van der Waals surface area contributed by atoms with Gasteiger partial charge < -0.3 is 14.0 Å². The summed E-state index contributed by atoms with van der Waals surface area (Å²) in [7, 11) is -1.68. The minimum absolute atomic E-state index is 0.153. The zero-order valence-electron chi connectivity index (χ0n) is 16.2. The molecule has 0 spiro atoms. The van der Waals surface area contributed by atoms with E-state index >= 15 is 0 Å². The second kappa shape index (κ2) is 7.42. The number of nitrogens with zero attached hydrogens (tertiary/aromatic N) is 1. The third kappa shape index (κ3) is 3.89. The Morgan fingerprint density at radius 2 is 1.79 bits per heavy atom. The van der Waals surface area contributed by atoms with Gasteiger partial charge in [-0.3, -0.25) is 0 Å². The first-order valence-electron chi connectivity index (χ1n) is 8.62. The fraction of sp³-hybridized carbons (Fsp3) is 0.389. The number of hydrogen-bond acceptors (Lipinski definition) is 5. The number of methoxy groups -OCH3 is 1. The maximum Gasteiger partial charge on any atom is 0.496 e. The Hall–Kier alpha value is -2.04. The van der Waals surface area contributed by atoms with Gasteiger partial charge in [0.1, 0.15) is 11.5 Å². The molecule has 1 aromatic carbocycles. The quantitative estimate of drug-likeness (QED) is 0.466. The second-order valence-electron chi connectivity index (χ2n) is 7.42. The number of ether oxygens (including phenoxy) is 1. The molecule has 1 saturated heterocycles. The van der Waals surface area contributed by atoms with Crippen molar-refractivity contribution >= 4 is 29.3 Å². The molecule has 0 saturated carbocycles. The van der Waals surface area contributed by atoms with Crippen LogP contribution in [0.5, 0.6) is 5.88 Å². The molecule has 28 heavy (non-hydrogen) atoms. The lowest BCUT2D eigenvalue weighted by Gasteiger charge is -2.32. The number of benzene rings is 1. The van der Waals surface area contributed by atoms with Crippen molar-refractivity contribution in [2.75, 3.05) is 11.8 Å². The summed E-state index contributed by atoms with van der Waals surface area (Å²) < 4.78 is 59.5. The number of nitrogens with one attached hydrogen (secondary N) is 1. The van der Waals surface area contributed by atoms with Crippen molar-refractivity contribution in [2.24, 2.45) is 0 Å². The monoisotopic (exact) mass is 411 g/mol. The van der Waals surface area contributed by atoms with Gasteiger partial charge in [0.25, 0.3) is 0 Å². The predicted octanol–water partition coefficient (Wildman–Crippen LogP) is 2.75. The van der Waals surface area contributed by atoms with Gasteiger partial charge in [-0.25, -0.2) is 13.8 Å². The number of rotatable bonds is 5. The Kier molecular flexibility index (Phi) is 5.48. The second-order valence-corrected chi connectivity index (χ2v) is 8.71. The van der Waals surface area contributed by atoms with Crippen LogP contribution in [0.3, 0.4) is 0 Å². The van der Waals surface area contributed by atoms with Crippen LogP contribution in [0.15, 0.2) is 35.4 Å². The zero-order valence-corrected chi connectivity index (χ0v) is 17.1. The van der Waals surface area contributed by atoms with Crippen molar-refractivity contribution in [1.29, 1.82) is 0 Å². The molecule has 1 unspecified atom stereocenters. The zero-order chi connectivity index (χ0) is 20.7. The molecular formula is C18H22BF2N2O4S+. The van der Waals surface area contributed by atoms with Gasteiger partial charge in [0, 0.05) is 23.8 Å². The minimum atomic E-state index is -2.41. The molecule has 1 aliphatic heterocycles. The number of aromatic nitrogens is 1. The average Bonchev–Trinajstić information content (AvgIpc) is 2.82. The van der Waals surface area contributed by atoms with E-state index in [2.05, 4.69) is 9.71 Å². The van der Waals surface area contributed by atoms with E-state index in [1.54, 1.807) is 6.07 Å². The smallest absolute Gasteiger partial charge is 0.479 e. The molecule has 1 atom stereocenters. The third-order valence-electron chi connectivity index (χ3n) is 4.94. The fourth-order valence-electron chi connectivity index (χ4n) is 2.63. The molecule has 0 bridgehead atoms. The molecule has 1 aromatic heterocycles. The van der Waals surface area contributed by atoms with Crippen LogP contribution in [-0.4, -0.2) is 30.4 Å². The van der Waals surface area contributed by atoms with E-state index in [1.165, 1.54) is 13.3 Å². The number of thiol groups is 1. The van der Waals surface area contributed by atoms with Gasteiger partial charge in [-0.05, 0) is 39.8 Å². The number of halogens is 2. The lowest BCUT2D eigenvalue weighted by Crippen LogP contribution is -2.41. The molecule has 150 valence electrons. The van der Waals surface area contributed by atoms with E-state index in [0.29, 0.717) is 11.5 Å². The van der Waals surface area contributed by atoms with Crippen molar-refractivity contribution in [3.05, 3.63) is 42.1 Å². The number of pyridine rings is 1. The summed E-state index contributed by atoms with van der Waals surface area (Å²) >= 11 is 0. The van der Waals surface area contributed by atoms with Crippen LogP contribution in [-0.2, 0) is 24.5 Å². The molecule has 6 nitrogen and oxygen atoms in total. The van der Waals surface area contributed by atoms with Gasteiger partial charge in [-0.2, -0.15) is 4.72 Å². The van der Waals surface area contributed by atoms with Gasteiger partial charge in [-0.1, -0.05) is 4.21 Å². The maximum atomic E-state index is 13.9. The Morgan fingerprint density at radius 3 is 2.36 bits per heavy atom. The van der Waals surface area contributed by atoms with Gasteiger partial charge in [0.05, 0.1) is 18.3 Å². The van der Waals surface area contributed by atoms with Gasteiger partial charge in [-0.15, -0.1) is 0 Å². The van der Waals surface area contributed by atoms with Crippen LogP contribution in [0.1, 0.15) is 27.7 Å². The minimum Gasteiger partial charge on any atom is -0.479 e. The first-order chi connectivity index (χ1) is 13.0. The average molecular weight is 411 g/mol. The standard InChI is InChI=1S/C18H21BF2N2O4S/c1-17(2)18(3,4)27-19(26-17)11-8-14(16(25-5)22-10-11)23-28(24)15-7-6-12(20)9-13(15)21/h6-10H,1-5H3,(H,23,24)/p+1. The largest absolute Gasteiger partial charge is 0.496 e. The van der Waals surface area contributed by atoms with E-state index in [1.807, 2.05) is 27.7 Å². The fourth-order valence-corrected chi connectivity index (χ4v) is 3.60. The van der Waals surface area contributed by atoms with E-state index in [0.717, 1.165) is 12.1 Å². The summed E-state index contributed by atoms with van der Waals surface area (Å²) in [5.74, 6) is -1.47. The molecule has 3 rings (SSSR count). The number of hydrogen-bond donors (Lipinski definition) is 1. The molecule has 1 aliphatic rings. The Balaban J connectivity index is 1.89. The molecule has 10 heteroatoms. The van der Waals surface area contributed by atoms with Crippen LogP contribution in [0.4, 0.5) is 14.5 Å². The molecule has 2 aromatic rings. The molecule has 0 aliphatic carbocycles. The van der Waals surface area contributed by atoms with E-state index < -0.39 is 40.9 Å². The van der Waals surface area contributed by atoms with E-state index in [4.69, 9.17) is 14.0 Å². The van der Waals surface area contributed by atoms with E-state index in [-0.39, 0.29) is 16.5 Å². The normalized spacial score (nSPS) is 18.8. The Morgan fingerprint density at radius 1 is 1.14 bits per heavy atom. The molecular weight excluding hydrogens is 389 g/mol. The maximum absolute atomic E-state index is 13.9. The first-order valence-corrected chi connectivity index (χ1v) is 9.88. The first kappa shape index (κ1) is 20.7. The third-order valence-corrected chi connectivity index (χ3v) is 6.19. The molecule has 0 amide bonds. The molecule has 1 fully saturated rings. The van der Waals surface area contributed by atoms with Crippen LogP contribution >= 0.6 is 0 Å². The highest BCUT2D eigenvalue weighted by Gasteiger charge is 2.52. The van der Waals surface area contributed by atoms with Crippen LogP contribution in [0.25, 0.3) is 0 Å². The highest BCUT2D eigenvalue weighted by molar-refractivity contribution is 7.86. The van der Waals surface area contributed by atoms with Crippen LogP contribution in [0, 0.1) is 11.6 Å². The van der Waals surface area contributed by atoms with Gasteiger partial charge in [0.15, 0.2) is 16.8 Å². The lowest BCUT2D eigenvalue weighted by molar-refractivity contribution is 0.00578. The van der Waals surface area contributed by atoms with E-state index in [9.17, 15) is 13.0 Å². The SMILES string of the molecule is COc1ncc(B2OC(C)(C)C(C)(C)O2)cc1N[SH+](=O)c1ccc(F)cc1F. The van der Waals surface area contributed by atoms with Crippen molar-refractivity contribution < 1.29 is 27.0 Å². The summed E-state index contributed by atoms with van der Waals surface area (Å²) in [6.07, 6.45) is 1.54. The Labute approximate surface area is 165 Å². The lowest BCUT2D eigenvalue weighted by atomic mass is 9.80. The summed E-state index contributed by atoms with van der Waals surface area (Å²) in [4.78, 5) is 4.04. The summed E-state index contributed by atoms with van der Waals surface area (Å²) in [5, 5.41) is 0. The van der Waals surface area contributed by atoms with Crippen molar-refractivity contribution in [3.8, 4) is 5.88 Å². The molecule has 0 radical (unpaired) electrons. The van der Waals surface area contributed by atoms with Crippen molar-refractivity contribution in [1.82, 2.24) is 4.98 Å². The Bertz CT molecular complexity index is 910. The van der Waals surface area contributed by atoms with Crippen molar-refractivity contribution in [3.63, 3.8) is 0 Å². The predicted molar refractivity (Wildman–Crippen MR) is 104 cm³/mol. The summed E-state index contributed by atoms with van der Waals surface area (Å²) in [5.41, 5.74) is -0.203. The number of anilines is 1. The topological polar surface area (TPSA) is 69.7 Å². The highest BCUT2D eigenvalue weighted by atomic mass is 32.2.